The molecule has 0 saturated heterocycles. The summed E-state index contributed by atoms with van der Waals surface area (Å²) in [6.45, 7) is 0.650. The minimum atomic E-state index is -0.390. The summed E-state index contributed by atoms with van der Waals surface area (Å²) in [4.78, 5) is 4.23. The molecule has 1 atom stereocenters. The van der Waals surface area contributed by atoms with Gasteiger partial charge in [0.1, 0.15) is 6.04 Å². The van der Waals surface area contributed by atoms with E-state index in [9.17, 15) is 0 Å². The molecule has 18 heavy (non-hydrogen) atoms. The van der Waals surface area contributed by atoms with Crippen LogP contribution in [0.3, 0.4) is 0 Å². The van der Waals surface area contributed by atoms with Gasteiger partial charge in [0.25, 0.3) is 0 Å². The quantitative estimate of drug-likeness (QED) is 0.943. The Balaban J connectivity index is 2.02. The fourth-order valence-corrected chi connectivity index (χ4v) is 1.82. The van der Waals surface area contributed by atoms with E-state index in [2.05, 4.69) is 32.3 Å². The highest BCUT2D eigenvalue weighted by molar-refractivity contribution is 9.10. The standard InChI is InChI=1S/C14H12BrN3/c15-12-6-7-13(18-10-12)14(8-16)17-9-11-4-2-1-3-5-11/h1-7,10,14,17H,9H2. The van der Waals surface area contributed by atoms with Crippen LogP contribution < -0.4 is 5.32 Å². The maximum absolute atomic E-state index is 9.16. The molecule has 1 aromatic carbocycles. The maximum Gasteiger partial charge on any atom is 0.138 e. The molecular weight excluding hydrogens is 290 g/mol. The van der Waals surface area contributed by atoms with E-state index in [0.29, 0.717) is 6.54 Å². The fraction of sp³-hybridized carbons (Fsp3) is 0.143. The van der Waals surface area contributed by atoms with Crippen molar-refractivity contribution >= 4 is 15.9 Å². The molecule has 0 fully saturated rings. The van der Waals surface area contributed by atoms with Crippen molar-refractivity contribution in [2.75, 3.05) is 0 Å². The van der Waals surface area contributed by atoms with Crippen LogP contribution in [0.25, 0.3) is 0 Å². The van der Waals surface area contributed by atoms with E-state index in [4.69, 9.17) is 5.26 Å². The number of rotatable bonds is 4. The van der Waals surface area contributed by atoms with Gasteiger partial charge in [0, 0.05) is 17.2 Å². The second kappa shape index (κ2) is 6.29. The van der Waals surface area contributed by atoms with E-state index in [1.54, 1.807) is 6.20 Å². The molecule has 0 saturated carbocycles. The molecule has 0 amide bonds. The molecule has 0 aliphatic rings. The van der Waals surface area contributed by atoms with Crippen molar-refractivity contribution in [3.8, 4) is 6.07 Å². The van der Waals surface area contributed by atoms with E-state index >= 15 is 0 Å². The third kappa shape index (κ3) is 3.39. The van der Waals surface area contributed by atoms with Gasteiger partial charge in [-0.15, -0.1) is 0 Å². The minimum absolute atomic E-state index is 0.390. The van der Waals surface area contributed by atoms with Crippen molar-refractivity contribution in [2.45, 2.75) is 12.6 Å². The summed E-state index contributed by atoms with van der Waals surface area (Å²) in [5.41, 5.74) is 1.88. The van der Waals surface area contributed by atoms with Crippen LogP contribution in [0.5, 0.6) is 0 Å². The molecule has 3 nitrogen and oxygen atoms in total. The highest BCUT2D eigenvalue weighted by atomic mass is 79.9. The molecule has 2 aromatic rings. The van der Waals surface area contributed by atoms with Crippen LogP contribution in [0.15, 0.2) is 53.1 Å². The summed E-state index contributed by atoms with van der Waals surface area (Å²) in [6, 6.07) is 15.5. The Hall–Kier alpha value is -1.70. The van der Waals surface area contributed by atoms with Gasteiger partial charge in [-0.3, -0.25) is 10.3 Å². The summed E-state index contributed by atoms with van der Waals surface area (Å²) < 4.78 is 0.908. The van der Waals surface area contributed by atoms with Crippen molar-refractivity contribution < 1.29 is 0 Å². The normalized spacial score (nSPS) is 11.8. The van der Waals surface area contributed by atoms with Crippen molar-refractivity contribution in [2.24, 2.45) is 0 Å². The number of pyridine rings is 1. The first-order valence-corrected chi connectivity index (χ1v) is 6.37. The molecular formula is C14H12BrN3. The lowest BCUT2D eigenvalue weighted by molar-refractivity contribution is 0.616. The topological polar surface area (TPSA) is 48.7 Å². The number of halogens is 1. The molecule has 1 heterocycles. The van der Waals surface area contributed by atoms with E-state index < -0.39 is 6.04 Å². The van der Waals surface area contributed by atoms with Crippen molar-refractivity contribution in [3.63, 3.8) is 0 Å². The number of nitrogens with zero attached hydrogens (tertiary/aromatic N) is 2. The van der Waals surface area contributed by atoms with Crippen LogP contribution in [0.1, 0.15) is 17.3 Å². The number of nitriles is 1. The van der Waals surface area contributed by atoms with Crippen LogP contribution in [0, 0.1) is 11.3 Å². The van der Waals surface area contributed by atoms with Crippen molar-refractivity contribution in [1.29, 1.82) is 5.26 Å². The lowest BCUT2D eigenvalue weighted by Gasteiger charge is -2.11. The molecule has 2 rings (SSSR count). The van der Waals surface area contributed by atoms with Crippen molar-refractivity contribution in [3.05, 3.63) is 64.4 Å². The lowest BCUT2D eigenvalue weighted by atomic mass is 10.1. The third-order valence-corrected chi connectivity index (χ3v) is 3.00. The Kier molecular flexibility index (Phi) is 4.46. The predicted molar refractivity (Wildman–Crippen MR) is 73.6 cm³/mol. The first-order valence-electron chi connectivity index (χ1n) is 5.58. The number of benzene rings is 1. The molecule has 90 valence electrons. The fourth-order valence-electron chi connectivity index (χ4n) is 1.59. The van der Waals surface area contributed by atoms with Gasteiger partial charge in [-0.1, -0.05) is 30.3 Å². The van der Waals surface area contributed by atoms with Crippen LogP contribution in [-0.2, 0) is 6.54 Å². The second-order valence-electron chi connectivity index (χ2n) is 3.83. The summed E-state index contributed by atoms with van der Waals surface area (Å²) in [7, 11) is 0. The molecule has 0 aliphatic carbocycles. The molecule has 0 bridgehead atoms. The third-order valence-electron chi connectivity index (χ3n) is 2.53. The highest BCUT2D eigenvalue weighted by Crippen LogP contribution is 2.13. The Morgan fingerprint density at radius 2 is 2.00 bits per heavy atom. The van der Waals surface area contributed by atoms with Crippen LogP contribution in [-0.4, -0.2) is 4.98 Å². The molecule has 1 unspecified atom stereocenters. The Bertz CT molecular complexity index is 531. The number of hydrogen-bond acceptors (Lipinski definition) is 3. The van der Waals surface area contributed by atoms with Crippen molar-refractivity contribution in [1.82, 2.24) is 10.3 Å². The highest BCUT2D eigenvalue weighted by Gasteiger charge is 2.10. The number of nitrogens with one attached hydrogen (secondary N) is 1. The number of hydrogen-bond donors (Lipinski definition) is 1. The molecule has 0 aliphatic heterocycles. The van der Waals surface area contributed by atoms with E-state index in [0.717, 1.165) is 15.7 Å². The van der Waals surface area contributed by atoms with Gasteiger partial charge >= 0.3 is 0 Å². The largest absolute Gasteiger partial charge is 0.293 e. The van der Waals surface area contributed by atoms with Crippen LogP contribution in [0.2, 0.25) is 0 Å². The molecule has 1 N–H and O–H groups in total. The molecule has 0 radical (unpaired) electrons. The predicted octanol–water partition coefficient (Wildman–Crippen LogP) is 3.20. The zero-order chi connectivity index (χ0) is 12.8. The van der Waals surface area contributed by atoms with E-state index in [1.807, 2.05) is 42.5 Å². The first-order chi connectivity index (χ1) is 8.79. The Morgan fingerprint density at radius 1 is 1.22 bits per heavy atom. The smallest absolute Gasteiger partial charge is 0.138 e. The monoisotopic (exact) mass is 301 g/mol. The molecule has 4 heteroatoms. The average Bonchev–Trinajstić information content (AvgIpc) is 2.42. The van der Waals surface area contributed by atoms with Crippen LogP contribution in [0.4, 0.5) is 0 Å². The Labute approximate surface area is 115 Å². The van der Waals surface area contributed by atoms with E-state index in [-0.39, 0.29) is 0 Å². The van der Waals surface area contributed by atoms with Gasteiger partial charge in [-0.2, -0.15) is 5.26 Å². The summed E-state index contributed by atoms with van der Waals surface area (Å²) in [6.07, 6.45) is 1.70. The molecule has 1 aromatic heterocycles. The van der Waals surface area contributed by atoms with Gasteiger partial charge < -0.3 is 0 Å². The SMILES string of the molecule is N#CC(NCc1ccccc1)c1ccc(Br)cn1. The van der Waals surface area contributed by atoms with Gasteiger partial charge in [0.15, 0.2) is 0 Å². The van der Waals surface area contributed by atoms with Gasteiger partial charge in [-0.25, -0.2) is 0 Å². The zero-order valence-corrected chi connectivity index (χ0v) is 11.3. The lowest BCUT2D eigenvalue weighted by Crippen LogP contribution is -2.20. The minimum Gasteiger partial charge on any atom is -0.293 e. The zero-order valence-electron chi connectivity index (χ0n) is 9.68. The van der Waals surface area contributed by atoms with Crippen LogP contribution >= 0.6 is 15.9 Å². The summed E-state index contributed by atoms with van der Waals surface area (Å²) in [5, 5.41) is 12.3. The first kappa shape index (κ1) is 12.7. The van der Waals surface area contributed by atoms with Gasteiger partial charge in [0.05, 0.1) is 11.8 Å². The van der Waals surface area contributed by atoms with Gasteiger partial charge in [0.2, 0.25) is 0 Å². The Morgan fingerprint density at radius 3 is 2.61 bits per heavy atom. The summed E-state index contributed by atoms with van der Waals surface area (Å²) in [5.74, 6) is 0. The number of aromatic nitrogens is 1. The van der Waals surface area contributed by atoms with Gasteiger partial charge in [-0.05, 0) is 33.6 Å². The summed E-state index contributed by atoms with van der Waals surface area (Å²) >= 11 is 3.33. The second-order valence-corrected chi connectivity index (χ2v) is 4.75. The maximum atomic E-state index is 9.16. The average molecular weight is 302 g/mol. The van der Waals surface area contributed by atoms with E-state index in [1.165, 1.54) is 0 Å². The molecule has 0 spiro atoms.